The van der Waals surface area contributed by atoms with Crippen LogP contribution in [0, 0.1) is 6.92 Å². The van der Waals surface area contributed by atoms with Crippen LogP contribution in [0.3, 0.4) is 0 Å². The third kappa shape index (κ3) is 3.39. The molecule has 1 saturated heterocycles. The highest BCUT2D eigenvalue weighted by Crippen LogP contribution is 2.36. The second-order valence-electron chi connectivity index (χ2n) is 5.80. The minimum atomic E-state index is -3.72. The van der Waals surface area contributed by atoms with E-state index < -0.39 is 10.0 Å². The minimum absolute atomic E-state index is 0.0963. The summed E-state index contributed by atoms with van der Waals surface area (Å²) in [6, 6.07) is 3.17. The van der Waals surface area contributed by atoms with E-state index in [1.165, 1.54) is 13.0 Å². The Kier molecular flexibility index (Phi) is 4.77. The first-order valence-electron chi connectivity index (χ1n) is 7.79. The molecule has 0 spiro atoms. The van der Waals surface area contributed by atoms with E-state index in [2.05, 4.69) is 4.83 Å². The van der Waals surface area contributed by atoms with Crippen molar-refractivity contribution in [2.75, 3.05) is 44.4 Å². The maximum atomic E-state index is 12.7. The lowest BCUT2D eigenvalue weighted by atomic mass is 10.1. The highest BCUT2D eigenvalue weighted by atomic mass is 32.2. The number of hydrazine groups is 1. The Bertz CT molecular complexity index is 744. The van der Waals surface area contributed by atoms with Gasteiger partial charge in [-0.15, -0.1) is 4.83 Å². The number of nitrogens with zero attached hydrogens (tertiary/aromatic N) is 2. The summed E-state index contributed by atoms with van der Waals surface area (Å²) in [7, 11) is -3.72. The molecule has 3 rings (SSSR count). The SMILES string of the molecule is CC(=O)N1CCOc2cc(S(=O)(=O)NN3CCOCC3)c(C)cc21. The summed E-state index contributed by atoms with van der Waals surface area (Å²) in [5.41, 5.74) is 1.17. The Morgan fingerprint density at radius 3 is 2.54 bits per heavy atom. The lowest BCUT2D eigenvalue weighted by Gasteiger charge is -2.30. The molecular formula is C15H21N3O5S. The Hall–Kier alpha value is -1.68. The van der Waals surface area contributed by atoms with Crippen molar-refractivity contribution in [1.82, 2.24) is 9.84 Å². The van der Waals surface area contributed by atoms with Crippen molar-refractivity contribution >= 4 is 21.6 Å². The zero-order valence-corrected chi connectivity index (χ0v) is 14.6. The monoisotopic (exact) mass is 355 g/mol. The van der Waals surface area contributed by atoms with E-state index in [0.717, 1.165) is 0 Å². The zero-order valence-electron chi connectivity index (χ0n) is 13.7. The van der Waals surface area contributed by atoms with Crippen molar-refractivity contribution in [3.8, 4) is 5.75 Å². The molecular weight excluding hydrogens is 334 g/mol. The number of hydrogen-bond donors (Lipinski definition) is 1. The van der Waals surface area contributed by atoms with Gasteiger partial charge in [0.05, 0.1) is 30.3 Å². The molecule has 0 atom stereocenters. The van der Waals surface area contributed by atoms with E-state index in [4.69, 9.17) is 9.47 Å². The highest BCUT2D eigenvalue weighted by molar-refractivity contribution is 7.89. The van der Waals surface area contributed by atoms with Crippen LogP contribution in [0.4, 0.5) is 5.69 Å². The number of amides is 1. The van der Waals surface area contributed by atoms with Crippen LogP contribution < -0.4 is 14.5 Å². The predicted molar refractivity (Wildman–Crippen MR) is 87.4 cm³/mol. The lowest BCUT2D eigenvalue weighted by Crippen LogP contribution is -2.48. The van der Waals surface area contributed by atoms with Crippen LogP contribution in [0.5, 0.6) is 5.75 Å². The van der Waals surface area contributed by atoms with Gasteiger partial charge in [-0.1, -0.05) is 0 Å². The molecule has 0 unspecified atom stereocenters. The number of sulfonamides is 1. The summed E-state index contributed by atoms with van der Waals surface area (Å²) in [6.45, 7) is 5.96. The summed E-state index contributed by atoms with van der Waals surface area (Å²) in [4.78, 5) is 16.1. The standard InChI is InChI=1S/C15H21N3O5S/c1-11-9-13-14(23-8-5-18(13)12(2)19)10-15(11)24(20,21)16-17-3-6-22-7-4-17/h9-10,16H,3-8H2,1-2H3. The van der Waals surface area contributed by atoms with Gasteiger partial charge in [0.1, 0.15) is 12.4 Å². The van der Waals surface area contributed by atoms with Gasteiger partial charge in [-0.05, 0) is 18.6 Å². The van der Waals surface area contributed by atoms with Crippen molar-refractivity contribution in [3.63, 3.8) is 0 Å². The number of aryl methyl sites for hydroxylation is 1. The maximum Gasteiger partial charge on any atom is 0.253 e. The number of morpholine rings is 1. The molecule has 132 valence electrons. The van der Waals surface area contributed by atoms with Crippen LogP contribution in [0.2, 0.25) is 0 Å². The lowest BCUT2D eigenvalue weighted by molar-refractivity contribution is -0.116. The van der Waals surface area contributed by atoms with Crippen molar-refractivity contribution in [2.45, 2.75) is 18.7 Å². The molecule has 1 fully saturated rings. The Labute approximate surface area is 141 Å². The molecule has 1 amide bonds. The number of hydrogen-bond acceptors (Lipinski definition) is 6. The third-order valence-corrected chi connectivity index (χ3v) is 5.57. The van der Waals surface area contributed by atoms with Gasteiger partial charge < -0.3 is 14.4 Å². The number of benzene rings is 1. The predicted octanol–water partition coefficient (Wildman–Crippen LogP) is 0.266. The quantitative estimate of drug-likeness (QED) is 0.837. The number of nitrogens with one attached hydrogen (secondary N) is 1. The first-order chi connectivity index (χ1) is 11.4. The first kappa shape index (κ1) is 17.2. The molecule has 2 aliphatic rings. The first-order valence-corrected chi connectivity index (χ1v) is 9.27. The molecule has 2 aliphatic heterocycles. The number of anilines is 1. The fraction of sp³-hybridized carbons (Fsp3) is 0.533. The number of carbonyl (C=O) groups is 1. The fourth-order valence-electron chi connectivity index (χ4n) is 2.84. The molecule has 24 heavy (non-hydrogen) atoms. The normalized spacial score (nSPS) is 18.8. The number of fused-ring (bicyclic) bond motifs is 1. The fourth-order valence-corrected chi connectivity index (χ4v) is 4.20. The molecule has 0 saturated carbocycles. The summed E-state index contributed by atoms with van der Waals surface area (Å²) in [5.74, 6) is 0.311. The van der Waals surface area contributed by atoms with Crippen LogP contribution in [-0.4, -0.2) is 58.8 Å². The van der Waals surface area contributed by atoms with E-state index in [0.29, 0.717) is 56.5 Å². The molecule has 2 heterocycles. The van der Waals surface area contributed by atoms with Crippen LogP contribution in [0.25, 0.3) is 0 Å². The number of ether oxygens (including phenoxy) is 2. The van der Waals surface area contributed by atoms with Gasteiger partial charge in [-0.3, -0.25) is 4.79 Å². The average Bonchev–Trinajstić information content (AvgIpc) is 2.54. The van der Waals surface area contributed by atoms with Crippen LogP contribution in [0.1, 0.15) is 12.5 Å². The van der Waals surface area contributed by atoms with E-state index in [-0.39, 0.29) is 10.8 Å². The highest BCUT2D eigenvalue weighted by Gasteiger charge is 2.27. The van der Waals surface area contributed by atoms with Gasteiger partial charge in [0.15, 0.2) is 0 Å². The zero-order chi connectivity index (χ0) is 17.3. The largest absolute Gasteiger partial charge is 0.489 e. The van der Waals surface area contributed by atoms with Crippen molar-refractivity contribution in [1.29, 1.82) is 0 Å². The van der Waals surface area contributed by atoms with Crippen LogP contribution in [0.15, 0.2) is 17.0 Å². The maximum absolute atomic E-state index is 12.7. The van der Waals surface area contributed by atoms with Crippen molar-refractivity contribution in [3.05, 3.63) is 17.7 Å². The smallest absolute Gasteiger partial charge is 0.253 e. The molecule has 1 N–H and O–H groups in total. The average molecular weight is 355 g/mol. The van der Waals surface area contributed by atoms with Crippen LogP contribution in [-0.2, 0) is 19.6 Å². The van der Waals surface area contributed by atoms with E-state index in [1.54, 1.807) is 22.9 Å². The Morgan fingerprint density at radius 2 is 1.88 bits per heavy atom. The summed E-state index contributed by atoms with van der Waals surface area (Å²) in [6.07, 6.45) is 0. The molecule has 8 nitrogen and oxygen atoms in total. The van der Waals surface area contributed by atoms with Gasteiger partial charge in [0.2, 0.25) is 5.91 Å². The summed E-state index contributed by atoms with van der Waals surface area (Å²) in [5, 5.41) is 1.63. The topological polar surface area (TPSA) is 88.2 Å². The summed E-state index contributed by atoms with van der Waals surface area (Å²) < 4.78 is 36.2. The van der Waals surface area contributed by atoms with Gasteiger partial charge in [-0.25, -0.2) is 13.4 Å². The molecule has 0 radical (unpaired) electrons. The Balaban J connectivity index is 1.92. The molecule has 0 aliphatic carbocycles. The van der Waals surface area contributed by atoms with Crippen LogP contribution >= 0.6 is 0 Å². The van der Waals surface area contributed by atoms with Crippen molar-refractivity contribution < 1.29 is 22.7 Å². The molecule has 1 aromatic rings. The van der Waals surface area contributed by atoms with Gasteiger partial charge in [0.25, 0.3) is 10.0 Å². The van der Waals surface area contributed by atoms with Gasteiger partial charge >= 0.3 is 0 Å². The second-order valence-corrected chi connectivity index (χ2v) is 7.43. The number of rotatable bonds is 3. The van der Waals surface area contributed by atoms with E-state index in [1.807, 2.05) is 0 Å². The molecule has 1 aromatic carbocycles. The van der Waals surface area contributed by atoms with E-state index >= 15 is 0 Å². The minimum Gasteiger partial charge on any atom is -0.489 e. The van der Waals surface area contributed by atoms with E-state index in [9.17, 15) is 13.2 Å². The Morgan fingerprint density at radius 1 is 1.17 bits per heavy atom. The third-order valence-electron chi connectivity index (χ3n) is 4.05. The second kappa shape index (κ2) is 6.67. The number of carbonyl (C=O) groups excluding carboxylic acids is 1. The molecule has 0 bridgehead atoms. The van der Waals surface area contributed by atoms with Gasteiger partial charge in [0, 0.05) is 26.1 Å². The van der Waals surface area contributed by atoms with Crippen molar-refractivity contribution in [2.24, 2.45) is 0 Å². The molecule has 9 heteroatoms. The molecule has 0 aromatic heterocycles. The summed E-state index contributed by atoms with van der Waals surface area (Å²) >= 11 is 0. The van der Waals surface area contributed by atoms with Gasteiger partial charge in [-0.2, -0.15) is 0 Å².